The SMILES string of the molecule is CCCn1ccc2ccc(N3N=C(C)C(C(=O)Cc4cccc(C(F)(F)CC)c4)C3=O)cc21. The first-order chi connectivity index (χ1) is 15.7. The summed E-state index contributed by atoms with van der Waals surface area (Å²) in [6.07, 6.45) is 2.57. The van der Waals surface area contributed by atoms with Gasteiger partial charge in [0.25, 0.3) is 11.8 Å². The van der Waals surface area contributed by atoms with Crippen LogP contribution in [0.15, 0.2) is 59.8 Å². The molecule has 0 bridgehead atoms. The van der Waals surface area contributed by atoms with Crippen molar-refractivity contribution in [2.75, 3.05) is 5.01 Å². The van der Waals surface area contributed by atoms with Gasteiger partial charge in [0, 0.05) is 31.1 Å². The van der Waals surface area contributed by atoms with E-state index < -0.39 is 17.7 Å². The molecule has 1 unspecified atom stereocenters. The normalized spacial score (nSPS) is 16.5. The topological polar surface area (TPSA) is 54.7 Å². The number of amides is 1. The molecule has 7 heteroatoms. The first kappa shape index (κ1) is 22.8. The van der Waals surface area contributed by atoms with E-state index in [1.54, 1.807) is 13.0 Å². The Hall–Kier alpha value is -3.35. The van der Waals surface area contributed by atoms with E-state index in [2.05, 4.69) is 16.6 Å². The number of ketones is 1. The summed E-state index contributed by atoms with van der Waals surface area (Å²) in [4.78, 5) is 26.2. The monoisotopic (exact) mass is 451 g/mol. The molecule has 0 aliphatic carbocycles. The van der Waals surface area contributed by atoms with Gasteiger partial charge in [-0.3, -0.25) is 9.59 Å². The maximum absolute atomic E-state index is 14.1. The van der Waals surface area contributed by atoms with E-state index in [0.717, 1.165) is 23.9 Å². The predicted molar refractivity (Wildman–Crippen MR) is 126 cm³/mol. The van der Waals surface area contributed by atoms with E-state index in [1.807, 2.05) is 30.5 Å². The number of benzene rings is 2. The minimum atomic E-state index is -2.95. The lowest BCUT2D eigenvalue weighted by Gasteiger charge is -2.16. The summed E-state index contributed by atoms with van der Waals surface area (Å²) in [7, 11) is 0. The Morgan fingerprint density at radius 2 is 1.91 bits per heavy atom. The second-order valence-electron chi connectivity index (χ2n) is 8.48. The van der Waals surface area contributed by atoms with Crippen molar-refractivity contribution in [3.63, 3.8) is 0 Å². The highest BCUT2D eigenvalue weighted by Crippen LogP contribution is 2.32. The van der Waals surface area contributed by atoms with Crippen LogP contribution in [-0.2, 0) is 28.5 Å². The summed E-state index contributed by atoms with van der Waals surface area (Å²) in [5, 5.41) is 6.72. The quantitative estimate of drug-likeness (QED) is 0.412. The van der Waals surface area contributed by atoms with Gasteiger partial charge in [-0.1, -0.05) is 38.1 Å². The third kappa shape index (κ3) is 4.32. The number of carbonyl (C=O) groups excluding carboxylic acids is 2. The molecule has 2 aromatic carbocycles. The molecule has 0 spiro atoms. The van der Waals surface area contributed by atoms with Crippen molar-refractivity contribution in [3.8, 4) is 0 Å². The highest BCUT2D eigenvalue weighted by Gasteiger charge is 2.39. The lowest BCUT2D eigenvalue weighted by atomic mass is 9.92. The van der Waals surface area contributed by atoms with Gasteiger partial charge in [-0.05, 0) is 48.6 Å². The largest absolute Gasteiger partial charge is 0.347 e. The Kier molecular flexibility index (Phi) is 6.15. The molecule has 4 rings (SSSR count). The molecule has 0 saturated carbocycles. The molecule has 172 valence electrons. The summed E-state index contributed by atoms with van der Waals surface area (Å²) in [5.74, 6) is -4.74. The fourth-order valence-corrected chi connectivity index (χ4v) is 4.28. The van der Waals surface area contributed by atoms with Gasteiger partial charge in [0.2, 0.25) is 0 Å². The minimum Gasteiger partial charge on any atom is -0.347 e. The molecule has 0 saturated heterocycles. The lowest BCUT2D eigenvalue weighted by molar-refractivity contribution is -0.128. The second-order valence-corrected chi connectivity index (χ2v) is 8.48. The van der Waals surface area contributed by atoms with Gasteiger partial charge in [0.15, 0.2) is 5.78 Å². The van der Waals surface area contributed by atoms with Gasteiger partial charge in [0.05, 0.1) is 16.9 Å². The van der Waals surface area contributed by atoms with Crippen LogP contribution >= 0.6 is 0 Å². The van der Waals surface area contributed by atoms with E-state index in [0.29, 0.717) is 17.0 Å². The number of hydrogen-bond donors (Lipinski definition) is 0. The summed E-state index contributed by atoms with van der Waals surface area (Å²) in [5.41, 5.74) is 2.34. The third-order valence-corrected chi connectivity index (χ3v) is 6.09. The zero-order valence-electron chi connectivity index (χ0n) is 19.0. The molecule has 0 fully saturated rings. The molecule has 1 atom stereocenters. The van der Waals surface area contributed by atoms with Crippen LogP contribution in [0.5, 0.6) is 0 Å². The number of fused-ring (bicyclic) bond motifs is 1. The first-order valence-corrected chi connectivity index (χ1v) is 11.2. The Morgan fingerprint density at radius 3 is 2.64 bits per heavy atom. The maximum atomic E-state index is 14.1. The number of halogens is 2. The number of aryl methyl sites for hydroxylation is 1. The van der Waals surface area contributed by atoms with Crippen molar-refractivity contribution >= 4 is 34.0 Å². The molecule has 2 heterocycles. The zero-order valence-corrected chi connectivity index (χ0v) is 19.0. The van der Waals surface area contributed by atoms with Crippen LogP contribution in [0.1, 0.15) is 44.7 Å². The second kappa shape index (κ2) is 8.89. The highest BCUT2D eigenvalue weighted by molar-refractivity contribution is 6.27. The van der Waals surface area contributed by atoms with E-state index in [1.165, 1.54) is 30.1 Å². The molecular weight excluding hydrogens is 424 g/mol. The standard InChI is InChI=1S/C26H27F2N3O2/c1-4-12-30-13-11-19-9-10-21(16-22(19)30)31-25(33)24(17(3)29-31)23(32)15-18-7-6-8-20(14-18)26(27,28)5-2/h6-11,13-14,16,24H,4-5,12,15H2,1-3H3. The number of Topliss-reactive ketones (excluding diaryl/α,β-unsaturated/α-hetero) is 1. The van der Waals surface area contributed by atoms with Crippen LogP contribution in [0.4, 0.5) is 14.5 Å². The van der Waals surface area contributed by atoms with Crippen molar-refractivity contribution in [2.24, 2.45) is 11.0 Å². The van der Waals surface area contributed by atoms with Crippen LogP contribution in [-0.4, -0.2) is 22.0 Å². The molecular formula is C26H27F2N3O2. The van der Waals surface area contributed by atoms with Crippen LogP contribution < -0.4 is 5.01 Å². The zero-order chi connectivity index (χ0) is 23.8. The predicted octanol–water partition coefficient (Wildman–Crippen LogP) is 5.70. The van der Waals surface area contributed by atoms with Gasteiger partial charge in [-0.15, -0.1) is 0 Å². The summed E-state index contributed by atoms with van der Waals surface area (Å²) >= 11 is 0. The van der Waals surface area contributed by atoms with Crippen molar-refractivity contribution in [3.05, 3.63) is 65.9 Å². The number of alkyl halides is 2. The number of anilines is 1. The van der Waals surface area contributed by atoms with Gasteiger partial charge < -0.3 is 4.57 Å². The van der Waals surface area contributed by atoms with Crippen molar-refractivity contribution in [1.29, 1.82) is 0 Å². The molecule has 0 radical (unpaired) electrons. The van der Waals surface area contributed by atoms with Crippen molar-refractivity contribution in [2.45, 2.75) is 52.5 Å². The molecule has 1 aliphatic heterocycles. The molecule has 33 heavy (non-hydrogen) atoms. The number of rotatable bonds is 8. The molecule has 1 amide bonds. The number of carbonyl (C=O) groups is 2. The number of hydrogen-bond acceptors (Lipinski definition) is 3. The van der Waals surface area contributed by atoms with E-state index in [9.17, 15) is 18.4 Å². The van der Waals surface area contributed by atoms with Crippen LogP contribution in [0.3, 0.4) is 0 Å². The van der Waals surface area contributed by atoms with Gasteiger partial charge in [0.1, 0.15) is 5.92 Å². The van der Waals surface area contributed by atoms with Gasteiger partial charge in [-0.25, -0.2) is 8.78 Å². The Balaban J connectivity index is 1.56. The highest BCUT2D eigenvalue weighted by atomic mass is 19.3. The fourth-order valence-electron chi connectivity index (χ4n) is 4.28. The van der Waals surface area contributed by atoms with Crippen LogP contribution in [0.25, 0.3) is 10.9 Å². The van der Waals surface area contributed by atoms with E-state index >= 15 is 0 Å². The third-order valence-electron chi connectivity index (χ3n) is 6.09. The number of aromatic nitrogens is 1. The van der Waals surface area contributed by atoms with Crippen molar-refractivity contribution < 1.29 is 18.4 Å². The maximum Gasteiger partial charge on any atom is 0.273 e. The first-order valence-electron chi connectivity index (χ1n) is 11.2. The lowest BCUT2D eigenvalue weighted by Crippen LogP contribution is -2.33. The summed E-state index contributed by atoms with van der Waals surface area (Å²) in [6, 6.07) is 13.5. The number of hydrazone groups is 1. The smallest absolute Gasteiger partial charge is 0.273 e. The average Bonchev–Trinajstić information content (AvgIpc) is 3.33. The summed E-state index contributed by atoms with van der Waals surface area (Å²) in [6.45, 7) is 6.03. The van der Waals surface area contributed by atoms with E-state index in [-0.39, 0.29) is 24.2 Å². The Bertz CT molecular complexity index is 1250. The Labute approximate surface area is 191 Å². The molecule has 0 N–H and O–H groups in total. The molecule has 1 aliphatic rings. The minimum absolute atomic E-state index is 0.108. The molecule has 1 aromatic heterocycles. The van der Waals surface area contributed by atoms with Gasteiger partial charge in [-0.2, -0.15) is 10.1 Å². The molecule has 5 nitrogen and oxygen atoms in total. The van der Waals surface area contributed by atoms with Crippen LogP contribution in [0, 0.1) is 5.92 Å². The van der Waals surface area contributed by atoms with Crippen LogP contribution in [0.2, 0.25) is 0 Å². The molecule has 3 aromatic rings. The van der Waals surface area contributed by atoms with Crippen molar-refractivity contribution in [1.82, 2.24) is 4.57 Å². The summed E-state index contributed by atoms with van der Waals surface area (Å²) < 4.78 is 30.3. The van der Waals surface area contributed by atoms with Gasteiger partial charge >= 0.3 is 0 Å². The number of nitrogens with zero attached hydrogens (tertiary/aromatic N) is 3. The van der Waals surface area contributed by atoms with E-state index in [4.69, 9.17) is 0 Å². The Morgan fingerprint density at radius 1 is 1.12 bits per heavy atom. The average molecular weight is 452 g/mol. The fraction of sp³-hybridized carbons (Fsp3) is 0.346.